The number of amides is 1. The van der Waals surface area contributed by atoms with Gasteiger partial charge in [0.15, 0.2) is 9.84 Å². The number of sulfone groups is 1. The quantitative estimate of drug-likeness (QED) is 0.722. The van der Waals surface area contributed by atoms with E-state index in [1.807, 2.05) is 0 Å². The molecule has 0 aromatic heterocycles. The number of nitrogens with zero attached hydrogens (tertiary/aromatic N) is 1. The first-order chi connectivity index (χ1) is 10.6. The van der Waals surface area contributed by atoms with Crippen LogP contribution < -0.4 is 4.74 Å². The minimum atomic E-state index is -3.43. The average Bonchev–Trinajstić information content (AvgIpc) is 2.38. The molecule has 0 saturated carbocycles. The Balaban J connectivity index is 2.61. The lowest BCUT2D eigenvalue weighted by Gasteiger charge is -2.18. The van der Waals surface area contributed by atoms with Crippen LogP contribution in [0.15, 0.2) is 24.3 Å². The molecule has 8 heteroatoms. The van der Waals surface area contributed by atoms with Crippen LogP contribution in [-0.2, 0) is 21.2 Å². The van der Waals surface area contributed by atoms with E-state index in [2.05, 4.69) is 4.74 Å². The van der Waals surface area contributed by atoms with Gasteiger partial charge >= 0.3 is 6.61 Å². The highest BCUT2D eigenvalue weighted by molar-refractivity contribution is 7.92. The first-order valence-electron chi connectivity index (χ1n) is 7.07. The summed E-state index contributed by atoms with van der Waals surface area (Å²) in [5.41, 5.74) is 0.684. The van der Waals surface area contributed by atoms with Gasteiger partial charge in [0, 0.05) is 13.6 Å². The largest absolute Gasteiger partial charge is 0.435 e. The van der Waals surface area contributed by atoms with E-state index in [1.165, 1.54) is 24.1 Å². The highest BCUT2D eigenvalue weighted by Gasteiger charge is 2.21. The molecule has 0 saturated heterocycles. The number of hydrogen-bond acceptors (Lipinski definition) is 4. The third-order valence-electron chi connectivity index (χ3n) is 2.92. The number of hydrogen-bond donors (Lipinski definition) is 0. The third kappa shape index (κ3) is 7.40. The molecule has 1 aromatic rings. The van der Waals surface area contributed by atoms with Crippen molar-refractivity contribution < 1.29 is 26.7 Å². The van der Waals surface area contributed by atoms with E-state index in [9.17, 15) is 22.0 Å². The van der Waals surface area contributed by atoms with E-state index >= 15 is 0 Å². The lowest BCUT2D eigenvalue weighted by Crippen LogP contribution is -2.33. The van der Waals surface area contributed by atoms with Crippen molar-refractivity contribution in [2.75, 3.05) is 18.6 Å². The second kappa shape index (κ2) is 8.24. The van der Waals surface area contributed by atoms with Crippen molar-refractivity contribution in [3.8, 4) is 5.75 Å². The topological polar surface area (TPSA) is 63.7 Å². The lowest BCUT2D eigenvalue weighted by molar-refractivity contribution is -0.127. The van der Waals surface area contributed by atoms with Crippen molar-refractivity contribution >= 4 is 15.7 Å². The van der Waals surface area contributed by atoms with Gasteiger partial charge < -0.3 is 9.64 Å². The molecule has 0 heterocycles. The van der Waals surface area contributed by atoms with Crippen molar-refractivity contribution in [1.82, 2.24) is 4.90 Å². The van der Waals surface area contributed by atoms with Gasteiger partial charge in [0.05, 0.1) is 5.75 Å². The molecule has 0 fully saturated rings. The van der Waals surface area contributed by atoms with Gasteiger partial charge in [-0.05, 0) is 23.6 Å². The summed E-state index contributed by atoms with van der Waals surface area (Å²) in [5, 5.41) is 0. The minimum absolute atomic E-state index is 0.0252. The summed E-state index contributed by atoms with van der Waals surface area (Å²) >= 11 is 0. The molecule has 1 rings (SSSR count). The molecule has 1 aromatic carbocycles. The molecule has 5 nitrogen and oxygen atoms in total. The Hall–Kier alpha value is -1.70. The lowest BCUT2D eigenvalue weighted by atomic mass is 10.2. The molecule has 1 amide bonds. The molecule has 23 heavy (non-hydrogen) atoms. The summed E-state index contributed by atoms with van der Waals surface area (Å²) in [6.07, 6.45) is 0. The number of benzene rings is 1. The highest BCUT2D eigenvalue weighted by Crippen LogP contribution is 2.16. The van der Waals surface area contributed by atoms with Crippen LogP contribution in [-0.4, -0.2) is 44.4 Å². The Morgan fingerprint density at radius 3 is 2.26 bits per heavy atom. The summed E-state index contributed by atoms with van der Waals surface area (Å²) in [4.78, 5) is 13.3. The second-order valence-electron chi connectivity index (χ2n) is 5.72. The smallest absolute Gasteiger partial charge is 0.387 e. The van der Waals surface area contributed by atoms with E-state index in [4.69, 9.17) is 0 Å². The summed E-state index contributed by atoms with van der Waals surface area (Å²) in [7, 11) is -1.94. The molecule has 0 spiro atoms. The first kappa shape index (κ1) is 19.3. The fourth-order valence-corrected chi connectivity index (χ4v) is 3.73. The van der Waals surface area contributed by atoms with Crippen LogP contribution in [0.3, 0.4) is 0 Å². The van der Waals surface area contributed by atoms with Crippen LogP contribution in [0.1, 0.15) is 19.4 Å². The van der Waals surface area contributed by atoms with Gasteiger partial charge in [0.1, 0.15) is 11.5 Å². The summed E-state index contributed by atoms with van der Waals surface area (Å²) < 4.78 is 52.0. The SMILES string of the molecule is CC(C)CS(=O)(=O)CC(=O)N(C)Cc1ccc(OC(F)F)cc1. The predicted octanol–water partition coefficient (Wildman–Crippen LogP) is 2.32. The van der Waals surface area contributed by atoms with Gasteiger partial charge in [-0.2, -0.15) is 8.78 Å². The average molecular weight is 349 g/mol. The molecule has 0 radical (unpaired) electrons. The number of ether oxygens (including phenoxy) is 1. The van der Waals surface area contributed by atoms with E-state index in [0.717, 1.165) is 0 Å². The van der Waals surface area contributed by atoms with Gasteiger partial charge in [-0.25, -0.2) is 8.42 Å². The van der Waals surface area contributed by atoms with Crippen LogP contribution >= 0.6 is 0 Å². The molecule has 130 valence electrons. The molecule has 0 aliphatic carbocycles. The van der Waals surface area contributed by atoms with E-state index in [-0.39, 0.29) is 24.0 Å². The van der Waals surface area contributed by atoms with Crippen molar-refractivity contribution in [2.24, 2.45) is 5.92 Å². The van der Waals surface area contributed by atoms with Gasteiger partial charge in [0.25, 0.3) is 0 Å². The highest BCUT2D eigenvalue weighted by atomic mass is 32.2. The van der Waals surface area contributed by atoms with Gasteiger partial charge in [-0.3, -0.25) is 4.79 Å². The molecular weight excluding hydrogens is 328 g/mol. The number of alkyl halides is 2. The first-order valence-corrected chi connectivity index (χ1v) is 8.89. The number of halogens is 2. The molecule has 0 aliphatic heterocycles. The van der Waals surface area contributed by atoms with Crippen LogP contribution in [0, 0.1) is 5.92 Å². The maximum absolute atomic E-state index is 12.1. The Labute approximate surface area is 135 Å². The second-order valence-corrected chi connectivity index (χ2v) is 7.83. The fourth-order valence-electron chi connectivity index (χ4n) is 2.00. The Morgan fingerprint density at radius 1 is 1.22 bits per heavy atom. The van der Waals surface area contributed by atoms with E-state index < -0.39 is 28.1 Å². The summed E-state index contributed by atoms with van der Waals surface area (Å²) in [6.45, 7) is 0.838. The normalized spacial score (nSPS) is 11.8. The molecule has 0 atom stereocenters. The van der Waals surface area contributed by atoms with Crippen LogP contribution in [0.2, 0.25) is 0 Å². The number of carbonyl (C=O) groups excluding carboxylic acids is 1. The van der Waals surface area contributed by atoms with Crippen LogP contribution in [0.4, 0.5) is 8.78 Å². The fraction of sp³-hybridized carbons (Fsp3) is 0.533. The molecule has 0 unspecified atom stereocenters. The number of carbonyl (C=O) groups is 1. The van der Waals surface area contributed by atoms with Crippen LogP contribution in [0.25, 0.3) is 0 Å². The van der Waals surface area contributed by atoms with Crippen molar-refractivity contribution in [1.29, 1.82) is 0 Å². The maximum atomic E-state index is 12.1. The standard InChI is InChI=1S/C15H21F2NO4S/c1-11(2)9-23(20,21)10-14(19)18(3)8-12-4-6-13(7-5-12)22-15(16)17/h4-7,11,15H,8-10H2,1-3H3. The Kier molecular flexibility index (Phi) is 6.93. The molecule has 0 N–H and O–H groups in total. The van der Waals surface area contributed by atoms with Crippen LogP contribution in [0.5, 0.6) is 5.75 Å². The van der Waals surface area contributed by atoms with Crippen molar-refractivity contribution in [2.45, 2.75) is 27.0 Å². The van der Waals surface area contributed by atoms with Crippen molar-refractivity contribution in [3.63, 3.8) is 0 Å². The zero-order valence-corrected chi connectivity index (χ0v) is 14.1. The monoisotopic (exact) mass is 349 g/mol. The summed E-state index contributed by atoms with van der Waals surface area (Å²) in [5.74, 6) is -1.09. The predicted molar refractivity (Wildman–Crippen MR) is 83.0 cm³/mol. The van der Waals surface area contributed by atoms with E-state index in [0.29, 0.717) is 5.56 Å². The van der Waals surface area contributed by atoms with Crippen molar-refractivity contribution in [3.05, 3.63) is 29.8 Å². The molecule has 0 bridgehead atoms. The van der Waals surface area contributed by atoms with Gasteiger partial charge in [-0.15, -0.1) is 0 Å². The van der Waals surface area contributed by atoms with E-state index in [1.54, 1.807) is 26.0 Å². The Bertz CT molecular complexity index is 615. The zero-order valence-electron chi connectivity index (χ0n) is 13.3. The number of rotatable bonds is 8. The zero-order chi connectivity index (χ0) is 17.6. The van der Waals surface area contributed by atoms with Gasteiger partial charge in [0.2, 0.25) is 5.91 Å². The Morgan fingerprint density at radius 2 is 1.78 bits per heavy atom. The molecular formula is C15H21F2NO4S. The summed E-state index contributed by atoms with van der Waals surface area (Å²) in [6, 6.07) is 5.83. The maximum Gasteiger partial charge on any atom is 0.387 e. The minimum Gasteiger partial charge on any atom is -0.435 e. The van der Waals surface area contributed by atoms with Gasteiger partial charge in [-0.1, -0.05) is 26.0 Å². The molecule has 0 aliphatic rings. The third-order valence-corrected chi connectivity index (χ3v) is 4.79.